The van der Waals surface area contributed by atoms with Crippen LogP contribution in [-0.2, 0) is 10.0 Å². The van der Waals surface area contributed by atoms with Gasteiger partial charge in [0, 0.05) is 71.8 Å². The van der Waals surface area contributed by atoms with Crippen molar-refractivity contribution < 1.29 is 18.1 Å². The predicted octanol–water partition coefficient (Wildman–Crippen LogP) is 8.50. The summed E-state index contributed by atoms with van der Waals surface area (Å²) in [5, 5.41) is 15.8. The summed E-state index contributed by atoms with van der Waals surface area (Å²) in [6, 6.07) is 28.7. The number of allylic oxidation sites excluding steroid dienone is 1. The molecule has 1 saturated heterocycles. The number of halogens is 1. The number of thioether (sulfide) groups is 1. The molecule has 1 fully saturated rings. The van der Waals surface area contributed by atoms with E-state index in [1.165, 1.54) is 47.8 Å². The van der Waals surface area contributed by atoms with Crippen molar-refractivity contribution in [3.8, 4) is 0 Å². The van der Waals surface area contributed by atoms with Crippen LogP contribution >= 0.6 is 23.4 Å². The SMILES string of the molecule is CC(CCNc1c([N+](=O)[O-])cccc1S(=O)(=O)NC(=O)c1ccc(N2CCN(CC3=C(c4ccc(Cl)cc4)CCCC3)CC2)cc1)Sc1ccccc1. The van der Waals surface area contributed by atoms with E-state index < -0.39 is 20.9 Å². The van der Waals surface area contributed by atoms with E-state index in [0.717, 1.165) is 61.2 Å². The lowest BCUT2D eigenvalue weighted by atomic mass is 9.87. The zero-order chi connectivity index (χ0) is 37.4. The highest BCUT2D eigenvalue weighted by atomic mass is 35.5. The quantitative estimate of drug-likeness (QED) is 0.0738. The molecule has 278 valence electrons. The van der Waals surface area contributed by atoms with Crippen LogP contribution in [-0.4, -0.2) is 68.7 Å². The Labute approximate surface area is 320 Å². The minimum Gasteiger partial charge on any atom is -0.378 e. The predicted molar refractivity (Wildman–Crippen MR) is 215 cm³/mol. The highest BCUT2D eigenvalue weighted by Crippen LogP contribution is 2.35. The highest BCUT2D eigenvalue weighted by molar-refractivity contribution is 8.00. The molecule has 0 radical (unpaired) electrons. The molecule has 53 heavy (non-hydrogen) atoms. The number of nitro benzene ring substituents is 1. The van der Waals surface area contributed by atoms with Gasteiger partial charge in [0.2, 0.25) is 0 Å². The Bertz CT molecular complexity index is 2040. The number of nitro groups is 1. The Hall–Kier alpha value is -4.36. The average Bonchev–Trinajstić information content (AvgIpc) is 3.16. The Kier molecular flexibility index (Phi) is 12.8. The molecule has 1 unspecified atom stereocenters. The molecule has 1 atom stereocenters. The lowest BCUT2D eigenvalue weighted by molar-refractivity contribution is -0.384. The molecule has 0 bridgehead atoms. The monoisotopic (exact) mass is 773 g/mol. The van der Waals surface area contributed by atoms with Crippen LogP contribution in [0.2, 0.25) is 5.02 Å². The number of carbonyl (C=O) groups is 1. The normalized spacial score (nSPS) is 15.9. The van der Waals surface area contributed by atoms with Crippen LogP contribution in [0.15, 0.2) is 112 Å². The van der Waals surface area contributed by atoms with Gasteiger partial charge in [0.25, 0.3) is 21.6 Å². The van der Waals surface area contributed by atoms with Gasteiger partial charge in [0.1, 0.15) is 10.6 Å². The standard InChI is InChI=1S/C40H44ClN5O5S2/c1-29(52-35-9-3-2-4-10-35)22-23-42-39-37(46(48)49)12-7-13-38(39)53(50,51)43-40(47)31-16-20-34(21-17-31)45-26-24-44(25-27-45)28-32-8-5-6-11-36(32)30-14-18-33(41)19-15-30/h2-4,7,9-10,12-21,29,42H,5-6,8,11,22-28H2,1H3,(H,43,47). The van der Waals surface area contributed by atoms with E-state index in [4.69, 9.17) is 11.6 Å². The summed E-state index contributed by atoms with van der Waals surface area (Å²) in [6.07, 6.45) is 5.24. The number of piperazine rings is 1. The first kappa shape index (κ1) is 38.4. The maximum absolute atomic E-state index is 13.5. The van der Waals surface area contributed by atoms with E-state index in [0.29, 0.717) is 13.0 Å². The molecular formula is C40H44ClN5O5S2. The first-order chi connectivity index (χ1) is 25.6. The zero-order valence-corrected chi connectivity index (χ0v) is 32.1. The molecule has 2 N–H and O–H groups in total. The van der Waals surface area contributed by atoms with Crippen LogP contribution < -0.4 is 14.9 Å². The number of rotatable bonds is 14. The van der Waals surface area contributed by atoms with E-state index in [-0.39, 0.29) is 27.1 Å². The fourth-order valence-electron chi connectivity index (χ4n) is 6.90. The number of benzene rings is 4. The van der Waals surface area contributed by atoms with Gasteiger partial charge in [-0.3, -0.25) is 19.8 Å². The number of nitrogens with one attached hydrogen (secondary N) is 2. The maximum Gasteiger partial charge on any atom is 0.293 e. The third-order valence-electron chi connectivity index (χ3n) is 9.71. The van der Waals surface area contributed by atoms with Gasteiger partial charge in [-0.15, -0.1) is 11.8 Å². The molecule has 0 aromatic heterocycles. The summed E-state index contributed by atoms with van der Waals surface area (Å²) in [5.74, 6) is -0.816. The highest BCUT2D eigenvalue weighted by Gasteiger charge is 2.28. The van der Waals surface area contributed by atoms with E-state index in [1.807, 2.05) is 61.5 Å². The maximum atomic E-state index is 13.5. The molecule has 1 amide bonds. The molecule has 13 heteroatoms. The van der Waals surface area contributed by atoms with Crippen molar-refractivity contribution in [2.45, 2.75) is 54.1 Å². The van der Waals surface area contributed by atoms with Crippen molar-refractivity contribution in [2.24, 2.45) is 0 Å². The van der Waals surface area contributed by atoms with E-state index in [2.05, 4.69) is 32.0 Å². The van der Waals surface area contributed by atoms with Crippen molar-refractivity contribution in [1.82, 2.24) is 9.62 Å². The van der Waals surface area contributed by atoms with Crippen LogP contribution in [0.3, 0.4) is 0 Å². The van der Waals surface area contributed by atoms with Gasteiger partial charge >= 0.3 is 0 Å². The van der Waals surface area contributed by atoms with Crippen molar-refractivity contribution in [2.75, 3.05) is 49.5 Å². The summed E-state index contributed by atoms with van der Waals surface area (Å²) in [5.41, 5.74) is 4.82. The minimum atomic E-state index is -4.46. The lowest BCUT2D eigenvalue weighted by Gasteiger charge is -2.37. The Balaban J connectivity index is 1.06. The van der Waals surface area contributed by atoms with E-state index >= 15 is 0 Å². The van der Waals surface area contributed by atoms with E-state index in [1.54, 1.807) is 23.9 Å². The van der Waals surface area contributed by atoms with Gasteiger partial charge in [-0.05, 0) is 97.8 Å². The third kappa shape index (κ3) is 10.00. The second kappa shape index (κ2) is 17.6. The van der Waals surface area contributed by atoms with Crippen molar-refractivity contribution in [3.63, 3.8) is 0 Å². The molecule has 1 aliphatic heterocycles. The second-order valence-corrected chi connectivity index (χ2v) is 17.0. The molecular weight excluding hydrogens is 730 g/mol. The average molecular weight is 774 g/mol. The Morgan fingerprint density at radius 1 is 0.906 bits per heavy atom. The third-order valence-corrected chi connectivity index (χ3v) is 12.5. The van der Waals surface area contributed by atoms with Gasteiger partial charge in [-0.2, -0.15) is 0 Å². The first-order valence-electron chi connectivity index (χ1n) is 17.9. The van der Waals surface area contributed by atoms with Gasteiger partial charge in [-0.1, -0.05) is 60.5 Å². The number of amides is 1. The van der Waals surface area contributed by atoms with Crippen molar-refractivity contribution in [3.05, 3.63) is 129 Å². The summed E-state index contributed by atoms with van der Waals surface area (Å²) >= 11 is 7.80. The van der Waals surface area contributed by atoms with Crippen molar-refractivity contribution in [1.29, 1.82) is 0 Å². The van der Waals surface area contributed by atoms with Crippen LogP contribution in [0.4, 0.5) is 17.1 Å². The summed E-state index contributed by atoms with van der Waals surface area (Å²) in [4.78, 5) is 30.0. The summed E-state index contributed by atoms with van der Waals surface area (Å²) in [6.45, 7) is 6.75. The fraction of sp³-hybridized carbons (Fsp3) is 0.325. The first-order valence-corrected chi connectivity index (χ1v) is 20.7. The number of hydrogen-bond donors (Lipinski definition) is 2. The molecule has 4 aromatic carbocycles. The number of carbonyl (C=O) groups excluding carboxylic acids is 1. The molecule has 0 spiro atoms. The zero-order valence-electron chi connectivity index (χ0n) is 29.7. The molecule has 0 saturated carbocycles. The number of nitrogens with zero attached hydrogens (tertiary/aromatic N) is 3. The van der Waals surface area contributed by atoms with Crippen LogP contribution in [0.5, 0.6) is 0 Å². The lowest BCUT2D eigenvalue weighted by Crippen LogP contribution is -2.47. The Morgan fingerprint density at radius 3 is 2.30 bits per heavy atom. The molecule has 4 aromatic rings. The second-order valence-electron chi connectivity index (χ2n) is 13.4. The smallest absolute Gasteiger partial charge is 0.293 e. The van der Waals surface area contributed by atoms with Gasteiger partial charge in [-0.25, -0.2) is 13.1 Å². The largest absolute Gasteiger partial charge is 0.378 e. The van der Waals surface area contributed by atoms with Crippen molar-refractivity contribution >= 4 is 61.9 Å². The van der Waals surface area contributed by atoms with Crippen LogP contribution in [0, 0.1) is 10.1 Å². The molecule has 10 nitrogen and oxygen atoms in total. The van der Waals surface area contributed by atoms with Gasteiger partial charge in [0.05, 0.1) is 4.92 Å². The fourth-order valence-corrected chi connectivity index (χ4v) is 9.22. The number of hydrogen-bond acceptors (Lipinski definition) is 9. The van der Waals surface area contributed by atoms with Crippen LogP contribution in [0.25, 0.3) is 5.57 Å². The van der Waals surface area contributed by atoms with Gasteiger partial charge < -0.3 is 10.2 Å². The number of sulfonamides is 1. The van der Waals surface area contributed by atoms with Gasteiger partial charge in [0.15, 0.2) is 0 Å². The van der Waals surface area contributed by atoms with Crippen LogP contribution in [0.1, 0.15) is 54.9 Å². The number of para-hydroxylation sites is 1. The number of anilines is 2. The molecule has 1 aliphatic carbocycles. The summed E-state index contributed by atoms with van der Waals surface area (Å²) < 4.78 is 29.2. The Morgan fingerprint density at radius 2 is 1.60 bits per heavy atom. The summed E-state index contributed by atoms with van der Waals surface area (Å²) in [7, 11) is -4.46. The molecule has 1 heterocycles. The topological polar surface area (TPSA) is 125 Å². The van der Waals surface area contributed by atoms with E-state index in [9.17, 15) is 23.3 Å². The molecule has 6 rings (SSSR count). The molecule has 2 aliphatic rings. The minimum absolute atomic E-state index is 0.148.